The van der Waals surface area contributed by atoms with Crippen LogP contribution in [0.2, 0.25) is 0 Å². The number of aromatic nitrogens is 1. The molecular formula is C14H10BrNO. The largest absolute Gasteiger partial charge is 0.441 e. The Morgan fingerprint density at radius 3 is 2.59 bits per heavy atom. The minimum atomic E-state index is 0.667. The van der Waals surface area contributed by atoms with Crippen LogP contribution in [0.4, 0.5) is 0 Å². The van der Waals surface area contributed by atoms with Gasteiger partial charge in [0.25, 0.3) is 0 Å². The van der Waals surface area contributed by atoms with Gasteiger partial charge in [-0.1, -0.05) is 40.2 Å². The van der Waals surface area contributed by atoms with Crippen molar-refractivity contribution >= 4 is 26.7 Å². The molecule has 0 saturated carbocycles. The number of halogens is 1. The first-order chi connectivity index (χ1) is 8.25. The Morgan fingerprint density at radius 2 is 1.88 bits per heavy atom. The minimum absolute atomic E-state index is 0.667. The topological polar surface area (TPSA) is 26.0 Å². The zero-order valence-electron chi connectivity index (χ0n) is 9.27. The average molecular weight is 288 g/mol. The maximum Gasteiger partial charge on any atom is 0.226 e. The highest BCUT2D eigenvalue weighted by Gasteiger charge is 2.10. The van der Waals surface area contributed by atoms with Gasteiger partial charge in [0.2, 0.25) is 5.89 Å². The Morgan fingerprint density at radius 1 is 1.12 bits per heavy atom. The maximum atomic E-state index is 5.60. The number of hydrogen-bond donors (Lipinski definition) is 0. The fraction of sp³-hybridized carbons (Fsp3) is 0.0714. The Hall–Kier alpha value is -1.61. The summed E-state index contributed by atoms with van der Waals surface area (Å²) < 4.78 is 6.66. The second-order valence-electron chi connectivity index (χ2n) is 3.92. The van der Waals surface area contributed by atoms with Crippen LogP contribution in [0.1, 0.15) is 5.76 Å². The number of nitrogens with zero attached hydrogens (tertiary/aromatic N) is 1. The lowest BCUT2D eigenvalue weighted by molar-refractivity contribution is 0.543. The lowest BCUT2D eigenvalue weighted by Gasteiger charge is -2.05. The number of aryl methyl sites for hydroxylation is 1. The van der Waals surface area contributed by atoms with E-state index >= 15 is 0 Å². The van der Waals surface area contributed by atoms with E-state index in [1.807, 2.05) is 31.2 Å². The summed E-state index contributed by atoms with van der Waals surface area (Å²) in [7, 11) is 0. The van der Waals surface area contributed by atoms with Crippen molar-refractivity contribution in [1.82, 2.24) is 4.98 Å². The van der Waals surface area contributed by atoms with E-state index in [4.69, 9.17) is 4.42 Å². The number of hydrogen-bond acceptors (Lipinski definition) is 2. The van der Waals surface area contributed by atoms with Crippen molar-refractivity contribution in [2.75, 3.05) is 0 Å². The molecule has 0 amide bonds. The third-order valence-electron chi connectivity index (χ3n) is 2.71. The molecule has 2 aromatic carbocycles. The van der Waals surface area contributed by atoms with E-state index in [1.54, 1.807) is 6.20 Å². The molecule has 1 aromatic heterocycles. The van der Waals surface area contributed by atoms with Crippen LogP contribution in [0.15, 0.2) is 51.5 Å². The first kappa shape index (κ1) is 10.5. The molecule has 0 bridgehead atoms. The first-order valence-electron chi connectivity index (χ1n) is 5.36. The van der Waals surface area contributed by atoms with E-state index in [0.717, 1.165) is 21.2 Å². The van der Waals surface area contributed by atoms with Gasteiger partial charge in [-0.05, 0) is 24.4 Å². The van der Waals surface area contributed by atoms with Gasteiger partial charge in [-0.25, -0.2) is 4.98 Å². The second kappa shape index (κ2) is 4.00. The van der Waals surface area contributed by atoms with E-state index in [1.165, 1.54) is 5.39 Å². The third-order valence-corrected chi connectivity index (χ3v) is 3.37. The van der Waals surface area contributed by atoms with Crippen molar-refractivity contribution in [1.29, 1.82) is 0 Å². The predicted molar refractivity (Wildman–Crippen MR) is 71.9 cm³/mol. The van der Waals surface area contributed by atoms with Crippen LogP contribution >= 0.6 is 15.9 Å². The number of benzene rings is 2. The van der Waals surface area contributed by atoms with E-state index in [0.29, 0.717) is 5.89 Å². The van der Waals surface area contributed by atoms with Crippen molar-refractivity contribution in [2.45, 2.75) is 6.92 Å². The summed E-state index contributed by atoms with van der Waals surface area (Å²) in [6.07, 6.45) is 1.74. The molecule has 3 heteroatoms. The van der Waals surface area contributed by atoms with Gasteiger partial charge in [-0.15, -0.1) is 0 Å². The quantitative estimate of drug-likeness (QED) is 0.655. The van der Waals surface area contributed by atoms with Crippen LogP contribution in [0.5, 0.6) is 0 Å². The molecule has 84 valence electrons. The van der Waals surface area contributed by atoms with Crippen LogP contribution in [0, 0.1) is 6.92 Å². The molecular weight excluding hydrogens is 278 g/mol. The molecule has 0 aliphatic heterocycles. The molecule has 0 aliphatic rings. The molecule has 0 atom stereocenters. The van der Waals surface area contributed by atoms with Crippen molar-refractivity contribution in [3.8, 4) is 11.5 Å². The summed E-state index contributed by atoms with van der Waals surface area (Å²) in [6, 6.07) is 12.3. The molecule has 0 radical (unpaired) electrons. The molecule has 0 aliphatic carbocycles. The zero-order chi connectivity index (χ0) is 11.8. The van der Waals surface area contributed by atoms with Crippen LogP contribution in [-0.4, -0.2) is 4.98 Å². The van der Waals surface area contributed by atoms with Gasteiger partial charge in [0.1, 0.15) is 5.76 Å². The van der Waals surface area contributed by atoms with E-state index in [2.05, 4.69) is 33.0 Å². The second-order valence-corrected chi connectivity index (χ2v) is 4.77. The molecule has 0 spiro atoms. The third kappa shape index (κ3) is 1.76. The molecule has 0 fully saturated rings. The van der Waals surface area contributed by atoms with Gasteiger partial charge in [0, 0.05) is 15.4 Å². The highest BCUT2D eigenvalue weighted by molar-refractivity contribution is 9.10. The molecule has 0 N–H and O–H groups in total. The van der Waals surface area contributed by atoms with Gasteiger partial charge >= 0.3 is 0 Å². The van der Waals surface area contributed by atoms with E-state index in [9.17, 15) is 0 Å². The van der Waals surface area contributed by atoms with E-state index in [-0.39, 0.29) is 0 Å². The first-order valence-corrected chi connectivity index (χ1v) is 6.15. The Balaban J connectivity index is 2.37. The van der Waals surface area contributed by atoms with Gasteiger partial charge in [-0.2, -0.15) is 0 Å². The Labute approximate surface area is 107 Å². The minimum Gasteiger partial charge on any atom is -0.441 e. The maximum absolute atomic E-state index is 5.60. The van der Waals surface area contributed by atoms with Crippen molar-refractivity contribution in [3.63, 3.8) is 0 Å². The monoisotopic (exact) mass is 287 g/mol. The van der Waals surface area contributed by atoms with Crippen LogP contribution in [-0.2, 0) is 0 Å². The fourth-order valence-corrected chi connectivity index (χ4v) is 2.55. The Kier molecular flexibility index (Phi) is 2.48. The van der Waals surface area contributed by atoms with Crippen molar-refractivity contribution in [3.05, 3.63) is 52.8 Å². The molecule has 0 unspecified atom stereocenters. The molecule has 3 aromatic rings. The molecule has 2 nitrogen and oxygen atoms in total. The summed E-state index contributed by atoms with van der Waals surface area (Å²) in [5.74, 6) is 1.49. The van der Waals surface area contributed by atoms with Crippen LogP contribution in [0.25, 0.3) is 22.2 Å². The zero-order valence-corrected chi connectivity index (χ0v) is 10.9. The van der Waals surface area contributed by atoms with Crippen LogP contribution < -0.4 is 0 Å². The van der Waals surface area contributed by atoms with Crippen molar-refractivity contribution < 1.29 is 4.42 Å². The number of rotatable bonds is 1. The summed E-state index contributed by atoms with van der Waals surface area (Å²) >= 11 is 3.58. The average Bonchev–Trinajstić information content (AvgIpc) is 2.75. The summed E-state index contributed by atoms with van der Waals surface area (Å²) in [6.45, 7) is 1.90. The van der Waals surface area contributed by atoms with Gasteiger partial charge in [0.05, 0.1) is 6.20 Å². The highest BCUT2D eigenvalue weighted by atomic mass is 79.9. The molecule has 3 rings (SSSR count). The summed E-state index contributed by atoms with van der Waals surface area (Å²) in [5.41, 5.74) is 1.02. The molecule has 17 heavy (non-hydrogen) atoms. The predicted octanol–water partition coefficient (Wildman–Crippen LogP) is 4.57. The molecule has 0 saturated heterocycles. The van der Waals surface area contributed by atoms with Crippen LogP contribution in [0.3, 0.4) is 0 Å². The van der Waals surface area contributed by atoms with E-state index < -0.39 is 0 Å². The fourth-order valence-electron chi connectivity index (χ4n) is 1.95. The van der Waals surface area contributed by atoms with Gasteiger partial charge in [-0.3, -0.25) is 0 Å². The van der Waals surface area contributed by atoms with Crippen molar-refractivity contribution in [2.24, 2.45) is 0 Å². The highest BCUT2D eigenvalue weighted by Crippen LogP contribution is 2.33. The standard InChI is InChI=1S/C14H10BrNO/c1-9-8-16-14(17-9)11-6-2-4-10-5-3-7-12(15)13(10)11/h2-8H,1H3. The normalized spacial score (nSPS) is 10.9. The Bertz CT molecular complexity index is 682. The van der Waals surface area contributed by atoms with Gasteiger partial charge < -0.3 is 4.42 Å². The van der Waals surface area contributed by atoms with Gasteiger partial charge in [0.15, 0.2) is 0 Å². The summed E-state index contributed by atoms with van der Waals surface area (Å²) in [4.78, 5) is 4.29. The lowest BCUT2D eigenvalue weighted by atomic mass is 10.0. The smallest absolute Gasteiger partial charge is 0.226 e. The lowest BCUT2D eigenvalue weighted by Crippen LogP contribution is -1.82. The number of fused-ring (bicyclic) bond motifs is 1. The SMILES string of the molecule is Cc1cnc(-c2cccc3cccc(Br)c23)o1. The number of oxazole rings is 1. The summed E-state index contributed by atoms with van der Waals surface area (Å²) in [5, 5.41) is 2.31. The molecule has 1 heterocycles.